The van der Waals surface area contributed by atoms with E-state index in [1.807, 2.05) is 0 Å². The van der Waals surface area contributed by atoms with Crippen LogP contribution in [0.25, 0.3) is 5.76 Å². The van der Waals surface area contributed by atoms with Crippen molar-refractivity contribution in [3.05, 3.63) is 45.7 Å². The fraction of sp³-hybridized carbons (Fsp3) is 0.364. The molecule has 3 aliphatic carbocycles. The number of phenols is 1. The molecule has 0 bridgehead atoms. The molecule has 1 amide bonds. The van der Waals surface area contributed by atoms with Crippen LogP contribution in [-0.2, 0) is 20.8 Å². The van der Waals surface area contributed by atoms with Gasteiger partial charge in [0, 0.05) is 29.9 Å². The number of benzene rings is 1. The Hall–Kier alpha value is -3.46. The van der Waals surface area contributed by atoms with Crippen molar-refractivity contribution in [2.24, 2.45) is 17.6 Å². The number of Topliss-reactive ketones (excluding diaryl/α,β-unsaturated/α-hetero) is 3. The molecule has 1 aromatic rings. The summed E-state index contributed by atoms with van der Waals surface area (Å²) in [4.78, 5) is 49.7. The van der Waals surface area contributed by atoms with Crippen LogP contribution in [0.3, 0.4) is 0 Å². The van der Waals surface area contributed by atoms with Crippen LogP contribution < -0.4 is 5.73 Å². The van der Waals surface area contributed by atoms with Gasteiger partial charge >= 0.3 is 0 Å². The van der Waals surface area contributed by atoms with E-state index in [1.165, 1.54) is 12.1 Å². The smallest absolute Gasteiger partial charge is 0.255 e. The summed E-state index contributed by atoms with van der Waals surface area (Å²) in [5.74, 6) is -7.07. The highest BCUT2D eigenvalue weighted by Gasteiger charge is 2.60. The maximum absolute atomic E-state index is 13.3. The Morgan fingerprint density at radius 1 is 1.16 bits per heavy atom. The fourth-order valence-electron chi connectivity index (χ4n) is 5.07. The highest BCUT2D eigenvalue weighted by atomic mass is 16.3. The number of aliphatic hydroxyl groups is 3. The van der Waals surface area contributed by atoms with Gasteiger partial charge in [0.2, 0.25) is 5.78 Å². The monoisotopic (exact) mass is 427 g/mol. The van der Waals surface area contributed by atoms with E-state index in [0.717, 1.165) is 0 Å². The largest absolute Gasteiger partial charge is 0.508 e. The Morgan fingerprint density at radius 3 is 2.45 bits per heavy atom. The molecule has 0 radical (unpaired) electrons. The lowest BCUT2D eigenvalue weighted by molar-refractivity contribution is -0.147. The van der Waals surface area contributed by atoms with E-state index in [0.29, 0.717) is 11.1 Å². The highest BCUT2D eigenvalue weighted by molar-refractivity contribution is 6.22. The van der Waals surface area contributed by atoms with Crippen LogP contribution in [0.2, 0.25) is 0 Å². The van der Waals surface area contributed by atoms with E-state index in [4.69, 9.17) is 5.73 Å². The van der Waals surface area contributed by atoms with Crippen molar-refractivity contribution in [3.8, 4) is 5.75 Å². The lowest BCUT2D eigenvalue weighted by atomic mass is 9.59. The molecule has 4 rings (SSSR count). The number of phenolic OH excluding ortho intramolecular Hbond substituents is 1. The van der Waals surface area contributed by atoms with Crippen LogP contribution in [0.1, 0.15) is 47.7 Å². The number of hydrogen-bond acceptors (Lipinski definition) is 8. The summed E-state index contributed by atoms with van der Waals surface area (Å²) in [6.07, 6.45) is -0.0471. The Kier molecular flexibility index (Phi) is 4.55. The van der Waals surface area contributed by atoms with Crippen LogP contribution in [0, 0.1) is 11.8 Å². The second-order valence-electron chi connectivity index (χ2n) is 8.17. The predicted molar refractivity (Wildman–Crippen MR) is 106 cm³/mol. The van der Waals surface area contributed by atoms with Crippen LogP contribution >= 0.6 is 0 Å². The summed E-state index contributed by atoms with van der Waals surface area (Å²) in [5.41, 5.74) is 2.11. The van der Waals surface area contributed by atoms with Gasteiger partial charge in [-0.2, -0.15) is 0 Å². The SMILES string of the molecule is CCC(=O)c1ccc(O)c2c1C[C@H]1C[C@H]3CC(=O)C(C(N)=O)=C(O)[C@@]3(O)C(=O)C1=C2O. The van der Waals surface area contributed by atoms with Gasteiger partial charge in [0.15, 0.2) is 17.2 Å². The Morgan fingerprint density at radius 2 is 1.84 bits per heavy atom. The van der Waals surface area contributed by atoms with Crippen molar-refractivity contribution in [1.82, 2.24) is 0 Å². The Balaban J connectivity index is 1.94. The van der Waals surface area contributed by atoms with Gasteiger partial charge in [-0.1, -0.05) is 6.92 Å². The molecule has 0 saturated heterocycles. The van der Waals surface area contributed by atoms with Gasteiger partial charge in [-0.3, -0.25) is 19.2 Å². The minimum Gasteiger partial charge on any atom is -0.508 e. The number of fused-ring (bicyclic) bond motifs is 3. The molecule has 6 N–H and O–H groups in total. The molecular weight excluding hydrogens is 406 g/mol. The van der Waals surface area contributed by atoms with Crippen LogP contribution in [-0.4, -0.2) is 49.3 Å². The van der Waals surface area contributed by atoms with Gasteiger partial charge in [-0.05, 0) is 36.5 Å². The molecule has 0 aromatic heterocycles. The Labute approximate surface area is 176 Å². The normalized spacial score (nSPS) is 27.5. The van der Waals surface area contributed by atoms with E-state index in [9.17, 15) is 39.6 Å². The van der Waals surface area contributed by atoms with Gasteiger partial charge in [-0.15, -0.1) is 0 Å². The molecular formula is C22H21NO8. The fourth-order valence-corrected chi connectivity index (χ4v) is 5.07. The lowest BCUT2D eigenvalue weighted by Crippen LogP contribution is -2.58. The molecule has 1 aromatic carbocycles. The van der Waals surface area contributed by atoms with E-state index in [1.54, 1.807) is 6.92 Å². The molecule has 9 nitrogen and oxygen atoms in total. The number of ketones is 3. The van der Waals surface area contributed by atoms with Gasteiger partial charge in [0.25, 0.3) is 5.91 Å². The summed E-state index contributed by atoms with van der Waals surface area (Å²) in [6, 6.07) is 2.70. The molecule has 1 fully saturated rings. The maximum atomic E-state index is 13.3. The zero-order chi connectivity index (χ0) is 22.8. The number of carbonyl (C=O) groups excluding carboxylic acids is 4. The molecule has 3 atom stereocenters. The maximum Gasteiger partial charge on any atom is 0.255 e. The number of rotatable bonds is 3. The van der Waals surface area contributed by atoms with Gasteiger partial charge in [0.05, 0.1) is 5.56 Å². The first-order valence-electron chi connectivity index (χ1n) is 9.89. The number of aliphatic hydroxyl groups excluding tert-OH is 2. The number of carbonyl (C=O) groups is 4. The third kappa shape index (κ3) is 2.66. The molecule has 0 unspecified atom stereocenters. The van der Waals surface area contributed by atoms with Crippen molar-refractivity contribution < 1.29 is 39.6 Å². The topological polar surface area (TPSA) is 175 Å². The first-order chi connectivity index (χ1) is 14.5. The molecule has 31 heavy (non-hydrogen) atoms. The summed E-state index contributed by atoms with van der Waals surface area (Å²) >= 11 is 0. The molecule has 1 saturated carbocycles. The number of hydrogen-bond donors (Lipinski definition) is 5. The lowest BCUT2D eigenvalue weighted by Gasteiger charge is -2.46. The first-order valence-corrected chi connectivity index (χ1v) is 9.89. The number of nitrogens with two attached hydrogens (primary N) is 1. The quantitative estimate of drug-likeness (QED) is 0.351. The van der Waals surface area contributed by atoms with E-state index in [-0.39, 0.29) is 48.4 Å². The highest BCUT2D eigenvalue weighted by Crippen LogP contribution is 2.52. The molecule has 3 aliphatic rings. The summed E-state index contributed by atoms with van der Waals surface area (Å²) < 4.78 is 0. The van der Waals surface area contributed by atoms with E-state index in [2.05, 4.69) is 0 Å². The third-order valence-corrected chi connectivity index (χ3v) is 6.57. The molecule has 0 spiro atoms. The van der Waals surface area contributed by atoms with Gasteiger partial charge in [-0.25, -0.2) is 0 Å². The van der Waals surface area contributed by atoms with Crippen molar-refractivity contribution in [1.29, 1.82) is 0 Å². The van der Waals surface area contributed by atoms with Crippen LogP contribution in [0.5, 0.6) is 5.75 Å². The molecule has 0 heterocycles. The summed E-state index contributed by atoms with van der Waals surface area (Å²) in [6.45, 7) is 1.68. The average Bonchev–Trinajstić information content (AvgIpc) is 2.70. The molecule has 0 aliphatic heterocycles. The zero-order valence-corrected chi connectivity index (χ0v) is 16.6. The third-order valence-electron chi connectivity index (χ3n) is 6.57. The number of amides is 1. The second kappa shape index (κ2) is 6.78. The Bertz CT molecular complexity index is 1140. The van der Waals surface area contributed by atoms with Crippen LogP contribution in [0.4, 0.5) is 0 Å². The average molecular weight is 427 g/mol. The van der Waals surface area contributed by atoms with Crippen molar-refractivity contribution in [2.75, 3.05) is 0 Å². The van der Waals surface area contributed by atoms with E-state index >= 15 is 0 Å². The molecule has 9 heteroatoms. The second-order valence-corrected chi connectivity index (χ2v) is 8.17. The standard InChI is InChI=1S/C22H21NO8/c1-2-12(24)10-3-4-13(25)16-11(10)6-8-5-9-7-14(26)17(21(23)30)20(29)22(9,31)19(28)15(8)18(16)27/h3-4,8-9,25,27,29,31H,2,5-7H2,1H3,(H2,23,30)/t8-,9+,22+/m1/s1. The first kappa shape index (κ1) is 20.8. The minimum absolute atomic E-state index is 0.0261. The van der Waals surface area contributed by atoms with Crippen LogP contribution in [0.15, 0.2) is 29.0 Å². The van der Waals surface area contributed by atoms with Crippen molar-refractivity contribution in [3.63, 3.8) is 0 Å². The van der Waals surface area contributed by atoms with E-state index < -0.39 is 52.0 Å². The number of aromatic hydroxyl groups is 1. The predicted octanol–water partition coefficient (Wildman–Crippen LogP) is 1.02. The van der Waals surface area contributed by atoms with Gasteiger partial charge < -0.3 is 26.2 Å². The number of primary amides is 1. The summed E-state index contributed by atoms with van der Waals surface area (Å²) in [7, 11) is 0. The van der Waals surface area contributed by atoms with Crippen molar-refractivity contribution in [2.45, 2.75) is 38.2 Å². The zero-order valence-electron chi connectivity index (χ0n) is 16.6. The molecule has 162 valence electrons. The van der Waals surface area contributed by atoms with Crippen molar-refractivity contribution >= 4 is 29.0 Å². The van der Waals surface area contributed by atoms with Gasteiger partial charge in [0.1, 0.15) is 22.8 Å². The summed E-state index contributed by atoms with van der Waals surface area (Å²) in [5, 5.41) is 42.9. The minimum atomic E-state index is -2.60.